The summed E-state index contributed by atoms with van der Waals surface area (Å²) in [7, 11) is 1.37. The lowest BCUT2D eigenvalue weighted by molar-refractivity contribution is 0.0599. The molecule has 0 radical (unpaired) electrons. The van der Waals surface area contributed by atoms with Gasteiger partial charge in [0.15, 0.2) is 0 Å². The third kappa shape index (κ3) is 2.67. The van der Waals surface area contributed by atoms with Crippen LogP contribution in [0.1, 0.15) is 15.9 Å². The summed E-state index contributed by atoms with van der Waals surface area (Å²) in [5.41, 5.74) is 3.11. The van der Waals surface area contributed by atoms with E-state index in [2.05, 4.69) is 26.2 Å². The first-order valence-electron chi connectivity index (χ1n) is 6.34. The molecule has 0 amide bonds. The zero-order chi connectivity index (χ0) is 14.8. The molecule has 1 aromatic heterocycles. The molecule has 0 aliphatic heterocycles. The Hall–Kier alpha value is -2.21. The van der Waals surface area contributed by atoms with Gasteiger partial charge in [0, 0.05) is 4.47 Å². The summed E-state index contributed by atoms with van der Waals surface area (Å²) in [4.78, 5) is 11.9. The van der Waals surface area contributed by atoms with Gasteiger partial charge in [0.25, 0.3) is 0 Å². The number of aromatic nitrogens is 3. The number of carbonyl (C=O) groups is 1. The first-order chi connectivity index (χ1) is 10.2. The van der Waals surface area contributed by atoms with Gasteiger partial charge in [0.2, 0.25) is 0 Å². The molecule has 0 saturated carbocycles. The lowest BCUT2D eigenvalue weighted by Crippen LogP contribution is -2.10. The number of esters is 1. The maximum atomic E-state index is 11.9. The van der Waals surface area contributed by atoms with Crippen molar-refractivity contribution in [2.75, 3.05) is 7.11 Å². The van der Waals surface area contributed by atoms with Crippen molar-refractivity contribution < 1.29 is 9.53 Å². The molecule has 0 bridgehead atoms. The number of para-hydroxylation sites is 1. The van der Waals surface area contributed by atoms with E-state index in [0.717, 1.165) is 21.1 Å². The predicted molar refractivity (Wildman–Crippen MR) is 82.1 cm³/mol. The van der Waals surface area contributed by atoms with Crippen LogP contribution in [-0.2, 0) is 11.3 Å². The largest absolute Gasteiger partial charge is 0.465 e. The molecule has 2 aromatic carbocycles. The van der Waals surface area contributed by atoms with Gasteiger partial charge in [-0.05, 0) is 29.8 Å². The van der Waals surface area contributed by atoms with Crippen LogP contribution in [0.3, 0.4) is 0 Å². The normalized spacial score (nSPS) is 10.8. The summed E-state index contributed by atoms with van der Waals surface area (Å²) in [6.07, 6.45) is 0. The minimum Gasteiger partial charge on any atom is -0.465 e. The smallest absolute Gasteiger partial charge is 0.338 e. The number of nitrogens with zero attached hydrogens (tertiary/aromatic N) is 3. The van der Waals surface area contributed by atoms with E-state index in [9.17, 15) is 4.79 Å². The molecule has 0 spiro atoms. The van der Waals surface area contributed by atoms with Crippen molar-refractivity contribution >= 4 is 32.9 Å². The Morgan fingerprint density at radius 3 is 2.90 bits per heavy atom. The topological polar surface area (TPSA) is 57.0 Å². The van der Waals surface area contributed by atoms with Crippen LogP contribution in [0.4, 0.5) is 0 Å². The second-order valence-corrected chi connectivity index (χ2v) is 5.44. The van der Waals surface area contributed by atoms with Gasteiger partial charge in [0.05, 0.1) is 24.7 Å². The summed E-state index contributed by atoms with van der Waals surface area (Å²) in [6, 6.07) is 13.2. The third-order valence-corrected chi connectivity index (χ3v) is 3.71. The van der Waals surface area contributed by atoms with Crippen LogP contribution in [0.2, 0.25) is 0 Å². The number of ether oxygens (including phenoxy) is 1. The van der Waals surface area contributed by atoms with E-state index in [0.29, 0.717) is 12.1 Å². The molecule has 21 heavy (non-hydrogen) atoms. The molecule has 0 fully saturated rings. The van der Waals surface area contributed by atoms with Gasteiger partial charge in [-0.1, -0.05) is 39.3 Å². The SMILES string of the molecule is COC(=O)c1cc(Br)ccc1Cn1nnc2ccccc21. The van der Waals surface area contributed by atoms with Gasteiger partial charge in [-0.25, -0.2) is 9.48 Å². The van der Waals surface area contributed by atoms with Crippen LogP contribution in [0.25, 0.3) is 11.0 Å². The molecular formula is C15H12BrN3O2. The van der Waals surface area contributed by atoms with Crippen molar-refractivity contribution in [2.45, 2.75) is 6.54 Å². The lowest BCUT2D eigenvalue weighted by atomic mass is 10.1. The Morgan fingerprint density at radius 1 is 1.29 bits per heavy atom. The molecule has 0 unspecified atom stereocenters. The molecule has 0 saturated heterocycles. The van der Waals surface area contributed by atoms with Crippen LogP contribution in [0, 0.1) is 0 Å². The number of benzene rings is 2. The molecule has 3 rings (SSSR count). The molecule has 0 atom stereocenters. The van der Waals surface area contributed by atoms with E-state index in [1.54, 1.807) is 10.7 Å². The summed E-state index contributed by atoms with van der Waals surface area (Å²) >= 11 is 3.37. The monoisotopic (exact) mass is 345 g/mol. The first kappa shape index (κ1) is 13.8. The Balaban J connectivity index is 2.03. The Kier molecular flexibility index (Phi) is 3.70. The minimum atomic E-state index is -0.365. The van der Waals surface area contributed by atoms with E-state index in [4.69, 9.17) is 4.74 Å². The molecule has 0 aliphatic carbocycles. The maximum Gasteiger partial charge on any atom is 0.338 e. The number of rotatable bonds is 3. The van der Waals surface area contributed by atoms with Crippen LogP contribution < -0.4 is 0 Å². The van der Waals surface area contributed by atoms with Crippen molar-refractivity contribution in [2.24, 2.45) is 0 Å². The number of halogens is 1. The highest BCUT2D eigenvalue weighted by molar-refractivity contribution is 9.10. The second-order valence-electron chi connectivity index (χ2n) is 4.53. The van der Waals surface area contributed by atoms with Crippen molar-refractivity contribution in [3.63, 3.8) is 0 Å². The van der Waals surface area contributed by atoms with Gasteiger partial charge in [-0.2, -0.15) is 0 Å². The van der Waals surface area contributed by atoms with Crippen LogP contribution in [0.5, 0.6) is 0 Å². The fourth-order valence-corrected chi connectivity index (χ4v) is 2.54. The van der Waals surface area contributed by atoms with Crippen LogP contribution >= 0.6 is 15.9 Å². The summed E-state index contributed by atoms with van der Waals surface area (Å²) < 4.78 is 7.43. The fraction of sp³-hybridized carbons (Fsp3) is 0.133. The Labute approximate surface area is 129 Å². The van der Waals surface area contributed by atoms with Crippen LogP contribution in [0.15, 0.2) is 46.9 Å². The zero-order valence-corrected chi connectivity index (χ0v) is 12.9. The van der Waals surface area contributed by atoms with E-state index < -0.39 is 0 Å². The highest BCUT2D eigenvalue weighted by Crippen LogP contribution is 2.20. The molecule has 1 heterocycles. The standard InChI is InChI=1S/C15H12BrN3O2/c1-21-15(20)12-8-11(16)7-6-10(12)9-19-14-5-3-2-4-13(14)17-18-19/h2-8H,9H2,1H3. The van der Waals surface area contributed by atoms with Gasteiger partial charge < -0.3 is 4.74 Å². The van der Waals surface area contributed by atoms with E-state index in [-0.39, 0.29) is 5.97 Å². The molecule has 106 valence electrons. The number of hydrogen-bond donors (Lipinski definition) is 0. The minimum absolute atomic E-state index is 0.365. The van der Waals surface area contributed by atoms with Gasteiger partial charge >= 0.3 is 5.97 Å². The second kappa shape index (κ2) is 5.65. The average molecular weight is 346 g/mol. The number of fused-ring (bicyclic) bond motifs is 1. The summed E-state index contributed by atoms with van der Waals surface area (Å²) in [6.45, 7) is 0.457. The van der Waals surface area contributed by atoms with Crippen molar-refractivity contribution in [3.8, 4) is 0 Å². The molecule has 3 aromatic rings. The fourth-order valence-electron chi connectivity index (χ4n) is 2.18. The van der Waals surface area contributed by atoms with E-state index in [1.165, 1.54) is 7.11 Å². The van der Waals surface area contributed by atoms with E-state index in [1.807, 2.05) is 36.4 Å². The maximum absolute atomic E-state index is 11.9. The zero-order valence-electron chi connectivity index (χ0n) is 11.3. The molecule has 0 aliphatic rings. The van der Waals surface area contributed by atoms with Gasteiger partial charge in [-0.3, -0.25) is 0 Å². The number of hydrogen-bond acceptors (Lipinski definition) is 4. The Morgan fingerprint density at radius 2 is 2.10 bits per heavy atom. The van der Waals surface area contributed by atoms with Crippen molar-refractivity contribution in [1.29, 1.82) is 0 Å². The lowest BCUT2D eigenvalue weighted by Gasteiger charge is -2.09. The molecule has 6 heteroatoms. The number of carbonyl (C=O) groups excluding carboxylic acids is 1. The van der Waals surface area contributed by atoms with Crippen molar-refractivity contribution in [3.05, 3.63) is 58.1 Å². The van der Waals surface area contributed by atoms with Crippen LogP contribution in [-0.4, -0.2) is 28.1 Å². The van der Waals surface area contributed by atoms with Gasteiger partial charge in [-0.15, -0.1) is 5.10 Å². The quantitative estimate of drug-likeness (QED) is 0.684. The summed E-state index contributed by atoms with van der Waals surface area (Å²) in [5.74, 6) is -0.365. The third-order valence-electron chi connectivity index (χ3n) is 3.22. The average Bonchev–Trinajstić information content (AvgIpc) is 2.91. The molecule has 0 N–H and O–H groups in total. The Bertz CT molecular complexity index is 814. The predicted octanol–water partition coefficient (Wildman–Crippen LogP) is 3.03. The summed E-state index contributed by atoms with van der Waals surface area (Å²) in [5, 5.41) is 8.26. The molecular weight excluding hydrogens is 334 g/mol. The van der Waals surface area contributed by atoms with Crippen molar-refractivity contribution in [1.82, 2.24) is 15.0 Å². The highest BCUT2D eigenvalue weighted by Gasteiger charge is 2.14. The highest BCUT2D eigenvalue weighted by atomic mass is 79.9. The number of methoxy groups -OCH3 is 1. The van der Waals surface area contributed by atoms with E-state index >= 15 is 0 Å². The first-order valence-corrected chi connectivity index (χ1v) is 7.13. The molecule has 5 nitrogen and oxygen atoms in total. The van der Waals surface area contributed by atoms with Gasteiger partial charge in [0.1, 0.15) is 5.52 Å².